The highest BCUT2D eigenvalue weighted by Gasteiger charge is 2.49. The van der Waals surface area contributed by atoms with E-state index in [1.165, 1.54) is 31.1 Å². The monoisotopic (exact) mass is 174 g/mol. The Morgan fingerprint density at radius 1 is 1.15 bits per heavy atom. The van der Waals surface area contributed by atoms with Gasteiger partial charge < -0.3 is 0 Å². The highest BCUT2D eigenvalue weighted by Crippen LogP contribution is 2.59. The molecule has 0 N–H and O–H groups in total. The van der Waals surface area contributed by atoms with E-state index in [0.717, 1.165) is 17.8 Å². The summed E-state index contributed by atoms with van der Waals surface area (Å²) in [5, 5.41) is 0. The molecule has 0 aliphatic heterocycles. The van der Waals surface area contributed by atoms with Gasteiger partial charge in [0.2, 0.25) is 0 Å². The summed E-state index contributed by atoms with van der Waals surface area (Å²) in [4.78, 5) is 0. The van der Waals surface area contributed by atoms with Gasteiger partial charge in [0.15, 0.2) is 0 Å². The van der Waals surface area contributed by atoms with Crippen LogP contribution in [0.1, 0.15) is 38.5 Å². The van der Waals surface area contributed by atoms with Crippen LogP contribution in [0, 0.1) is 29.6 Å². The Balaban J connectivity index is 1.41. The Kier molecular flexibility index (Phi) is 1.21. The van der Waals surface area contributed by atoms with Gasteiger partial charge in [-0.1, -0.05) is 11.6 Å². The molecule has 13 heavy (non-hydrogen) atoms. The number of hydrogen-bond acceptors (Lipinski definition) is 0. The lowest BCUT2D eigenvalue weighted by Crippen LogP contribution is -2.46. The fourth-order valence-corrected chi connectivity index (χ4v) is 4.10. The molecular formula is C13H18. The van der Waals surface area contributed by atoms with E-state index in [1.54, 1.807) is 19.3 Å². The summed E-state index contributed by atoms with van der Waals surface area (Å²) in [6, 6.07) is 0. The SMILES string of the molecule is C1=C(CC2CC3CCC32)C2CCC12. The van der Waals surface area contributed by atoms with Crippen molar-refractivity contribution in [1.29, 1.82) is 0 Å². The maximum atomic E-state index is 2.60. The Hall–Kier alpha value is -0.260. The van der Waals surface area contributed by atoms with Crippen molar-refractivity contribution in [2.45, 2.75) is 38.5 Å². The van der Waals surface area contributed by atoms with Crippen LogP contribution in [-0.4, -0.2) is 0 Å². The molecule has 70 valence electrons. The quantitative estimate of drug-likeness (QED) is 0.563. The minimum absolute atomic E-state index is 1.05. The standard InChI is InChI=1S/C13H18/c1-3-12-8(1)5-10(12)7-11-6-9-2-4-13(9)11/h5,8-9,11-13H,1-4,6-7H2. The molecule has 5 atom stereocenters. The summed E-state index contributed by atoms with van der Waals surface area (Å²) in [6.45, 7) is 0. The van der Waals surface area contributed by atoms with Crippen molar-refractivity contribution in [2.75, 3.05) is 0 Å². The smallest absolute Gasteiger partial charge is 0.0140 e. The lowest BCUT2D eigenvalue weighted by molar-refractivity contribution is -0.0284. The molecule has 4 aliphatic carbocycles. The minimum atomic E-state index is 1.05. The van der Waals surface area contributed by atoms with Gasteiger partial charge in [0.25, 0.3) is 0 Å². The molecule has 3 fully saturated rings. The highest BCUT2D eigenvalue weighted by molar-refractivity contribution is 5.27. The fourth-order valence-electron chi connectivity index (χ4n) is 4.10. The minimum Gasteiger partial charge on any atom is -0.0813 e. The van der Waals surface area contributed by atoms with Gasteiger partial charge in [0.05, 0.1) is 0 Å². The highest BCUT2D eigenvalue weighted by atomic mass is 14.5. The first kappa shape index (κ1) is 7.09. The van der Waals surface area contributed by atoms with Crippen LogP contribution in [0.3, 0.4) is 0 Å². The maximum Gasteiger partial charge on any atom is -0.0140 e. The number of allylic oxidation sites excluding steroid dienone is 2. The van der Waals surface area contributed by atoms with Crippen LogP contribution in [-0.2, 0) is 0 Å². The van der Waals surface area contributed by atoms with Crippen LogP contribution in [0.2, 0.25) is 0 Å². The van der Waals surface area contributed by atoms with E-state index in [0.29, 0.717) is 0 Å². The third-order valence-corrected chi connectivity index (χ3v) is 5.42. The third kappa shape index (κ3) is 0.782. The van der Waals surface area contributed by atoms with Crippen LogP contribution in [0.5, 0.6) is 0 Å². The zero-order valence-electron chi connectivity index (χ0n) is 8.21. The lowest BCUT2D eigenvalue weighted by atomic mass is 9.49. The Morgan fingerprint density at radius 3 is 2.54 bits per heavy atom. The Labute approximate surface area is 80.4 Å². The van der Waals surface area contributed by atoms with Gasteiger partial charge in [0.1, 0.15) is 0 Å². The Bertz CT molecular complexity index is 276. The zero-order chi connectivity index (χ0) is 8.41. The Morgan fingerprint density at radius 2 is 2.15 bits per heavy atom. The second kappa shape index (κ2) is 2.21. The van der Waals surface area contributed by atoms with Crippen molar-refractivity contribution in [3.05, 3.63) is 11.6 Å². The first-order chi connectivity index (χ1) is 6.42. The van der Waals surface area contributed by atoms with E-state index in [2.05, 4.69) is 6.08 Å². The third-order valence-electron chi connectivity index (χ3n) is 5.42. The summed E-state index contributed by atoms with van der Waals surface area (Å²) in [7, 11) is 0. The van der Waals surface area contributed by atoms with E-state index >= 15 is 0 Å². The first-order valence-corrected chi connectivity index (χ1v) is 6.12. The molecule has 3 saturated carbocycles. The van der Waals surface area contributed by atoms with Crippen LogP contribution in [0.15, 0.2) is 11.6 Å². The van der Waals surface area contributed by atoms with Crippen molar-refractivity contribution in [1.82, 2.24) is 0 Å². The second-order valence-electron chi connectivity index (χ2n) is 5.79. The van der Waals surface area contributed by atoms with Gasteiger partial charge in [-0.2, -0.15) is 0 Å². The maximum absolute atomic E-state index is 2.60. The first-order valence-electron chi connectivity index (χ1n) is 6.12. The molecule has 0 aromatic carbocycles. The van der Waals surface area contributed by atoms with E-state index in [-0.39, 0.29) is 0 Å². The number of rotatable bonds is 2. The predicted molar refractivity (Wildman–Crippen MR) is 53.2 cm³/mol. The van der Waals surface area contributed by atoms with Crippen molar-refractivity contribution >= 4 is 0 Å². The van der Waals surface area contributed by atoms with E-state index < -0.39 is 0 Å². The topological polar surface area (TPSA) is 0 Å². The summed E-state index contributed by atoms with van der Waals surface area (Å²) >= 11 is 0. The van der Waals surface area contributed by atoms with Gasteiger partial charge in [-0.15, -0.1) is 0 Å². The number of hydrogen-bond donors (Lipinski definition) is 0. The molecular weight excluding hydrogens is 156 g/mol. The van der Waals surface area contributed by atoms with Crippen LogP contribution < -0.4 is 0 Å². The molecule has 0 aromatic rings. The molecule has 0 heterocycles. The zero-order valence-corrected chi connectivity index (χ0v) is 8.21. The molecule has 4 rings (SSSR count). The van der Waals surface area contributed by atoms with Gasteiger partial charge in [-0.05, 0) is 68.1 Å². The lowest BCUT2D eigenvalue weighted by Gasteiger charge is -2.56. The summed E-state index contributed by atoms with van der Waals surface area (Å²) in [5.74, 6) is 5.63. The molecule has 0 spiro atoms. The van der Waals surface area contributed by atoms with Crippen molar-refractivity contribution in [3.8, 4) is 0 Å². The van der Waals surface area contributed by atoms with Gasteiger partial charge in [0, 0.05) is 0 Å². The molecule has 0 saturated heterocycles. The molecule has 0 bridgehead atoms. The largest absolute Gasteiger partial charge is 0.0813 e. The van der Waals surface area contributed by atoms with E-state index in [9.17, 15) is 0 Å². The second-order valence-corrected chi connectivity index (χ2v) is 5.79. The summed E-state index contributed by atoms with van der Waals surface area (Å²) in [6.07, 6.45) is 11.8. The predicted octanol–water partition coefficient (Wildman–Crippen LogP) is 3.39. The molecule has 4 aliphatic rings. The molecule has 0 heteroatoms. The van der Waals surface area contributed by atoms with Crippen molar-refractivity contribution in [2.24, 2.45) is 29.6 Å². The van der Waals surface area contributed by atoms with Crippen molar-refractivity contribution in [3.63, 3.8) is 0 Å². The molecule has 5 unspecified atom stereocenters. The van der Waals surface area contributed by atoms with E-state index in [1.807, 2.05) is 5.57 Å². The van der Waals surface area contributed by atoms with Gasteiger partial charge >= 0.3 is 0 Å². The molecule has 0 amide bonds. The van der Waals surface area contributed by atoms with Crippen molar-refractivity contribution < 1.29 is 0 Å². The molecule has 0 nitrogen and oxygen atoms in total. The van der Waals surface area contributed by atoms with Gasteiger partial charge in [-0.25, -0.2) is 0 Å². The molecule has 0 aromatic heterocycles. The normalized spacial score (nSPS) is 55.7. The number of fused-ring (bicyclic) bond motifs is 2. The molecule has 0 radical (unpaired) electrons. The summed E-state index contributed by atoms with van der Waals surface area (Å²) < 4.78 is 0. The van der Waals surface area contributed by atoms with Crippen LogP contribution in [0.25, 0.3) is 0 Å². The fraction of sp³-hybridized carbons (Fsp3) is 0.846. The summed E-state index contributed by atoms with van der Waals surface area (Å²) in [5.41, 5.74) is 1.87. The average Bonchev–Trinajstić information content (AvgIpc) is 2.07. The average molecular weight is 174 g/mol. The van der Waals surface area contributed by atoms with E-state index in [4.69, 9.17) is 0 Å². The van der Waals surface area contributed by atoms with Crippen LogP contribution in [0.4, 0.5) is 0 Å². The van der Waals surface area contributed by atoms with Gasteiger partial charge in [-0.3, -0.25) is 0 Å². The van der Waals surface area contributed by atoms with Crippen LogP contribution >= 0.6 is 0 Å².